The van der Waals surface area contributed by atoms with Crippen LogP contribution in [0.25, 0.3) is 0 Å². The minimum atomic E-state index is -0.186. The topological polar surface area (TPSA) is 46.1 Å². The van der Waals surface area contributed by atoms with E-state index in [1.165, 1.54) is 0 Å². The van der Waals surface area contributed by atoms with Crippen LogP contribution in [-0.2, 0) is 11.3 Å². The van der Waals surface area contributed by atoms with E-state index in [9.17, 15) is 4.79 Å². The van der Waals surface area contributed by atoms with E-state index in [2.05, 4.69) is 22.1 Å². The number of hydrogen-bond donors (Lipinski definition) is 2. The largest absolute Gasteiger partial charge is 0.354 e. The normalized spacial score (nSPS) is 23.8. The molecule has 1 aromatic heterocycles. The number of carbonyl (C=O) groups is 1. The van der Waals surface area contributed by atoms with Crippen LogP contribution in [0, 0.1) is 5.41 Å². The van der Waals surface area contributed by atoms with Crippen molar-refractivity contribution in [3.63, 3.8) is 0 Å². The number of nitrogens with one attached hydrogen (secondary N) is 2. The van der Waals surface area contributed by atoms with Gasteiger partial charge in [-0.05, 0) is 37.9 Å². The molecule has 0 aliphatic carbocycles. The molecule has 1 aromatic rings. The summed E-state index contributed by atoms with van der Waals surface area (Å²) in [7, 11) is 0. The Morgan fingerprint density at radius 2 is 2.22 bits per heavy atom. The highest BCUT2D eigenvalue weighted by atomic mass is 16.2. The number of nitrogens with zero attached hydrogens (tertiary/aromatic N) is 1. The molecule has 4 nitrogen and oxygen atoms in total. The molecule has 0 bridgehead atoms. The SMILES string of the molecule is CCC1(C(=O)NCCn2cccc2)CCCNC1. The lowest BCUT2D eigenvalue weighted by atomic mass is 9.77. The van der Waals surface area contributed by atoms with Crippen LogP contribution in [0.5, 0.6) is 0 Å². The van der Waals surface area contributed by atoms with Gasteiger partial charge in [-0.2, -0.15) is 0 Å². The summed E-state index contributed by atoms with van der Waals surface area (Å²) in [4.78, 5) is 12.3. The van der Waals surface area contributed by atoms with Crippen LogP contribution in [0.2, 0.25) is 0 Å². The third-order valence-corrected chi connectivity index (χ3v) is 3.95. The van der Waals surface area contributed by atoms with Gasteiger partial charge in [0.2, 0.25) is 5.91 Å². The van der Waals surface area contributed by atoms with E-state index in [0.29, 0.717) is 6.54 Å². The molecule has 100 valence electrons. The van der Waals surface area contributed by atoms with Gasteiger partial charge in [0.05, 0.1) is 5.41 Å². The Bertz CT molecular complexity index is 366. The minimum absolute atomic E-state index is 0.186. The zero-order valence-electron chi connectivity index (χ0n) is 11.1. The number of amides is 1. The summed E-state index contributed by atoms with van der Waals surface area (Å²) in [6.07, 6.45) is 7.05. The maximum Gasteiger partial charge on any atom is 0.227 e. The molecule has 1 aliphatic heterocycles. The Hall–Kier alpha value is -1.29. The van der Waals surface area contributed by atoms with Gasteiger partial charge < -0.3 is 15.2 Å². The third-order valence-electron chi connectivity index (χ3n) is 3.95. The van der Waals surface area contributed by atoms with Crippen LogP contribution < -0.4 is 10.6 Å². The van der Waals surface area contributed by atoms with Crippen molar-refractivity contribution in [3.8, 4) is 0 Å². The Kier molecular flexibility index (Phi) is 4.42. The molecule has 0 saturated carbocycles. The van der Waals surface area contributed by atoms with Crippen molar-refractivity contribution < 1.29 is 4.79 Å². The highest BCUT2D eigenvalue weighted by Gasteiger charge is 2.37. The maximum absolute atomic E-state index is 12.3. The lowest BCUT2D eigenvalue weighted by Gasteiger charge is -2.35. The molecule has 1 amide bonds. The second-order valence-corrected chi connectivity index (χ2v) is 5.09. The summed E-state index contributed by atoms with van der Waals surface area (Å²) in [5.41, 5.74) is -0.186. The van der Waals surface area contributed by atoms with Gasteiger partial charge in [0.25, 0.3) is 0 Å². The summed E-state index contributed by atoms with van der Waals surface area (Å²) >= 11 is 0. The van der Waals surface area contributed by atoms with Gasteiger partial charge in [0.1, 0.15) is 0 Å². The monoisotopic (exact) mass is 249 g/mol. The molecule has 2 heterocycles. The van der Waals surface area contributed by atoms with E-state index in [1.807, 2.05) is 24.5 Å². The summed E-state index contributed by atoms with van der Waals surface area (Å²) < 4.78 is 2.08. The van der Waals surface area contributed by atoms with Crippen LogP contribution in [0.15, 0.2) is 24.5 Å². The molecule has 2 rings (SSSR count). The van der Waals surface area contributed by atoms with Crippen molar-refractivity contribution in [1.82, 2.24) is 15.2 Å². The van der Waals surface area contributed by atoms with Crippen LogP contribution in [0.3, 0.4) is 0 Å². The first kappa shape index (κ1) is 13.1. The Morgan fingerprint density at radius 1 is 1.44 bits per heavy atom. The number of piperidine rings is 1. The maximum atomic E-state index is 12.3. The van der Waals surface area contributed by atoms with E-state index >= 15 is 0 Å². The fourth-order valence-corrected chi connectivity index (χ4v) is 2.63. The molecule has 1 aliphatic rings. The number of rotatable bonds is 5. The molecule has 0 aromatic carbocycles. The fourth-order valence-electron chi connectivity index (χ4n) is 2.63. The van der Waals surface area contributed by atoms with E-state index in [0.717, 1.165) is 38.9 Å². The van der Waals surface area contributed by atoms with Gasteiger partial charge in [-0.25, -0.2) is 0 Å². The second-order valence-electron chi connectivity index (χ2n) is 5.09. The molecular weight excluding hydrogens is 226 g/mol. The molecule has 1 fully saturated rings. The predicted molar refractivity (Wildman–Crippen MR) is 72.3 cm³/mol. The van der Waals surface area contributed by atoms with E-state index in [1.54, 1.807) is 0 Å². The molecule has 1 saturated heterocycles. The van der Waals surface area contributed by atoms with Crippen LogP contribution in [-0.4, -0.2) is 30.1 Å². The number of carbonyl (C=O) groups excluding carboxylic acids is 1. The van der Waals surface area contributed by atoms with Crippen LogP contribution in [0.4, 0.5) is 0 Å². The summed E-state index contributed by atoms with van der Waals surface area (Å²) in [5.74, 6) is 0.212. The predicted octanol–water partition coefficient (Wildman–Crippen LogP) is 1.38. The fraction of sp³-hybridized carbons (Fsp3) is 0.643. The van der Waals surface area contributed by atoms with Gasteiger partial charge in [0, 0.05) is 32.0 Å². The average molecular weight is 249 g/mol. The van der Waals surface area contributed by atoms with E-state index in [-0.39, 0.29) is 11.3 Å². The Labute approximate surface area is 109 Å². The van der Waals surface area contributed by atoms with Crippen LogP contribution in [0.1, 0.15) is 26.2 Å². The molecule has 0 spiro atoms. The molecular formula is C14H23N3O. The zero-order valence-corrected chi connectivity index (χ0v) is 11.1. The lowest BCUT2D eigenvalue weighted by Crippen LogP contribution is -2.50. The van der Waals surface area contributed by atoms with Crippen molar-refractivity contribution in [2.24, 2.45) is 5.41 Å². The Morgan fingerprint density at radius 3 is 2.83 bits per heavy atom. The van der Waals surface area contributed by atoms with E-state index < -0.39 is 0 Å². The summed E-state index contributed by atoms with van der Waals surface area (Å²) in [6, 6.07) is 4.00. The number of aromatic nitrogens is 1. The molecule has 18 heavy (non-hydrogen) atoms. The smallest absolute Gasteiger partial charge is 0.227 e. The number of hydrogen-bond acceptors (Lipinski definition) is 2. The highest BCUT2D eigenvalue weighted by molar-refractivity contribution is 5.82. The molecule has 0 radical (unpaired) electrons. The highest BCUT2D eigenvalue weighted by Crippen LogP contribution is 2.30. The second kappa shape index (κ2) is 6.05. The summed E-state index contributed by atoms with van der Waals surface area (Å²) in [5, 5.41) is 6.43. The van der Waals surface area contributed by atoms with Gasteiger partial charge in [0.15, 0.2) is 0 Å². The van der Waals surface area contributed by atoms with Gasteiger partial charge >= 0.3 is 0 Å². The Balaban J connectivity index is 1.82. The van der Waals surface area contributed by atoms with Gasteiger partial charge in [-0.1, -0.05) is 6.92 Å². The standard InChI is InChI=1S/C14H23N3O/c1-2-14(6-5-7-15-12-14)13(18)16-8-11-17-9-3-4-10-17/h3-4,9-10,15H,2,5-8,11-12H2,1H3,(H,16,18). The van der Waals surface area contributed by atoms with Crippen molar-refractivity contribution >= 4 is 5.91 Å². The lowest BCUT2D eigenvalue weighted by molar-refractivity contribution is -0.132. The van der Waals surface area contributed by atoms with Crippen molar-refractivity contribution in [3.05, 3.63) is 24.5 Å². The molecule has 1 atom stereocenters. The quantitative estimate of drug-likeness (QED) is 0.828. The molecule has 1 unspecified atom stereocenters. The van der Waals surface area contributed by atoms with E-state index in [4.69, 9.17) is 0 Å². The van der Waals surface area contributed by atoms with Crippen LogP contribution >= 0.6 is 0 Å². The third kappa shape index (κ3) is 2.93. The first-order chi connectivity index (χ1) is 8.77. The first-order valence-corrected chi connectivity index (χ1v) is 6.87. The van der Waals surface area contributed by atoms with Crippen molar-refractivity contribution in [2.75, 3.05) is 19.6 Å². The van der Waals surface area contributed by atoms with Crippen molar-refractivity contribution in [2.45, 2.75) is 32.7 Å². The molecule has 2 N–H and O–H groups in total. The van der Waals surface area contributed by atoms with Gasteiger partial charge in [-0.3, -0.25) is 4.79 Å². The average Bonchev–Trinajstić information content (AvgIpc) is 2.92. The van der Waals surface area contributed by atoms with Gasteiger partial charge in [-0.15, -0.1) is 0 Å². The first-order valence-electron chi connectivity index (χ1n) is 6.87. The molecule has 4 heteroatoms. The zero-order chi connectivity index (χ0) is 12.8. The summed E-state index contributed by atoms with van der Waals surface area (Å²) in [6.45, 7) is 5.51. The van der Waals surface area contributed by atoms with Crippen molar-refractivity contribution in [1.29, 1.82) is 0 Å². The minimum Gasteiger partial charge on any atom is -0.354 e.